The van der Waals surface area contributed by atoms with Gasteiger partial charge in [0, 0.05) is 5.56 Å². The first kappa shape index (κ1) is 12.6. The van der Waals surface area contributed by atoms with E-state index >= 15 is 0 Å². The zero-order chi connectivity index (χ0) is 13.3. The van der Waals surface area contributed by atoms with Gasteiger partial charge < -0.3 is 5.73 Å². The molecule has 0 radical (unpaired) electrons. The highest BCUT2D eigenvalue weighted by Gasteiger charge is 2.34. The fourth-order valence-electron chi connectivity index (χ4n) is 2.67. The number of hydrogen-bond donors (Lipinski definition) is 1. The number of benzene rings is 1. The van der Waals surface area contributed by atoms with Crippen molar-refractivity contribution < 1.29 is 9.59 Å². The van der Waals surface area contributed by atoms with Gasteiger partial charge in [-0.2, -0.15) is 0 Å². The van der Waals surface area contributed by atoms with Crippen molar-refractivity contribution in [1.29, 1.82) is 0 Å². The first-order valence-electron chi connectivity index (χ1n) is 6.29. The van der Waals surface area contributed by atoms with Crippen LogP contribution in [0, 0.1) is 5.92 Å². The maximum atomic E-state index is 12.2. The van der Waals surface area contributed by atoms with Gasteiger partial charge in [-0.15, -0.1) is 0 Å². The van der Waals surface area contributed by atoms with Crippen molar-refractivity contribution in [2.75, 3.05) is 0 Å². The third kappa shape index (κ3) is 1.76. The molecule has 0 spiro atoms. The summed E-state index contributed by atoms with van der Waals surface area (Å²) >= 11 is 0. The summed E-state index contributed by atoms with van der Waals surface area (Å²) in [5.74, 6) is -0.627. The van der Waals surface area contributed by atoms with Crippen LogP contribution in [-0.2, 0) is 4.79 Å². The second-order valence-electron chi connectivity index (χ2n) is 4.54. The molecule has 1 amide bonds. The molecule has 1 aromatic rings. The maximum absolute atomic E-state index is 12.2. The Bertz CT molecular complexity index is 539. The van der Waals surface area contributed by atoms with E-state index in [1.54, 1.807) is 6.07 Å². The van der Waals surface area contributed by atoms with Crippen LogP contribution in [-0.4, -0.2) is 11.7 Å². The summed E-state index contributed by atoms with van der Waals surface area (Å²) in [6.07, 6.45) is 1.79. The summed E-state index contributed by atoms with van der Waals surface area (Å²) < 4.78 is 0. The van der Waals surface area contributed by atoms with E-state index in [4.69, 9.17) is 5.73 Å². The second-order valence-corrected chi connectivity index (χ2v) is 4.54. The van der Waals surface area contributed by atoms with E-state index in [0.29, 0.717) is 5.56 Å². The predicted octanol–water partition coefficient (Wildman–Crippen LogP) is 2.56. The molecule has 3 nitrogen and oxygen atoms in total. The van der Waals surface area contributed by atoms with Gasteiger partial charge in [0.2, 0.25) is 0 Å². The van der Waals surface area contributed by atoms with Crippen LogP contribution in [0.3, 0.4) is 0 Å². The highest BCUT2D eigenvalue weighted by molar-refractivity contribution is 6.34. The van der Waals surface area contributed by atoms with Crippen LogP contribution in [0.25, 0.3) is 5.57 Å². The molecule has 0 fully saturated rings. The minimum atomic E-state index is -0.613. The second kappa shape index (κ2) is 4.77. The normalized spacial score (nSPS) is 14.3. The summed E-state index contributed by atoms with van der Waals surface area (Å²) in [6, 6.07) is 7.36. The van der Waals surface area contributed by atoms with Crippen molar-refractivity contribution in [2.45, 2.75) is 26.7 Å². The lowest BCUT2D eigenvalue weighted by atomic mass is 9.88. The van der Waals surface area contributed by atoms with Gasteiger partial charge in [-0.25, -0.2) is 0 Å². The molecule has 0 bridgehead atoms. The van der Waals surface area contributed by atoms with Crippen LogP contribution in [0.5, 0.6) is 0 Å². The Kier molecular flexibility index (Phi) is 3.32. The molecular formula is C15H17NO2. The number of nitrogens with two attached hydrogens (primary N) is 1. The van der Waals surface area contributed by atoms with E-state index in [-0.39, 0.29) is 17.3 Å². The number of hydrogen-bond acceptors (Lipinski definition) is 2. The van der Waals surface area contributed by atoms with E-state index in [1.165, 1.54) is 0 Å². The van der Waals surface area contributed by atoms with Crippen molar-refractivity contribution in [2.24, 2.45) is 11.7 Å². The lowest BCUT2D eigenvalue weighted by molar-refractivity contribution is -0.114. The lowest BCUT2D eigenvalue weighted by Gasteiger charge is -2.16. The maximum Gasteiger partial charge on any atom is 0.253 e. The molecule has 18 heavy (non-hydrogen) atoms. The van der Waals surface area contributed by atoms with Gasteiger partial charge in [0.15, 0.2) is 5.78 Å². The predicted molar refractivity (Wildman–Crippen MR) is 71.0 cm³/mol. The number of primary amides is 1. The number of carbonyl (C=O) groups excluding carboxylic acids is 2. The van der Waals surface area contributed by atoms with Crippen LogP contribution in [0.15, 0.2) is 29.8 Å². The van der Waals surface area contributed by atoms with Crippen molar-refractivity contribution in [3.05, 3.63) is 41.0 Å². The summed E-state index contributed by atoms with van der Waals surface area (Å²) in [7, 11) is 0. The van der Waals surface area contributed by atoms with Crippen molar-refractivity contribution in [1.82, 2.24) is 0 Å². The number of rotatable bonds is 4. The van der Waals surface area contributed by atoms with E-state index in [1.807, 2.05) is 18.2 Å². The molecule has 2 N–H and O–H groups in total. The third-order valence-electron chi connectivity index (χ3n) is 3.60. The molecule has 0 aliphatic heterocycles. The average Bonchev–Trinajstić information content (AvgIpc) is 2.66. The number of carbonyl (C=O) groups is 2. The number of Topliss-reactive ketones (excluding diaryl/α,β-unsaturated/α-hetero) is 1. The first-order chi connectivity index (χ1) is 8.61. The minimum Gasteiger partial charge on any atom is -0.365 e. The molecule has 0 saturated heterocycles. The lowest BCUT2D eigenvalue weighted by Crippen LogP contribution is -2.20. The van der Waals surface area contributed by atoms with Crippen LogP contribution < -0.4 is 5.73 Å². The van der Waals surface area contributed by atoms with Gasteiger partial charge >= 0.3 is 0 Å². The van der Waals surface area contributed by atoms with Gasteiger partial charge in [-0.3, -0.25) is 9.59 Å². The van der Waals surface area contributed by atoms with E-state index in [0.717, 1.165) is 24.0 Å². The quantitative estimate of drug-likeness (QED) is 0.826. The number of ketones is 1. The van der Waals surface area contributed by atoms with Crippen molar-refractivity contribution >= 4 is 17.3 Å². The van der Waals surface area contributed by atoms with Gasteiger partial charge in [-0.05, 0) is 29.9 Å². The van der Waals surface area contributed by atoms with Crippen LogP contribution in [0.2, 0.25) is 0 Å². The molecule has 3 heteroatoms. The number of fused-ring (bicyclic) bond motifs is 1. The molecule has 1 aliphatic rings. The zero-order valence-corrected chi connectivity index (χ0v) is 10.7. The molecule has 0 atom stereocenters. The summed E-state index contributed by atoms with van der Waals surface area (Å²) in [5.41, 5.74) is 7.90. The Morgan fingerprint density at radius 1 is 1.17 bits per heavy atom. The van der Waals surface area contributed by atoms with Gasteiger partial charge in [0.25, 0.3) is 5.91 Å². The zero-order valence-electron chi connectivity index (χ0n) is 10.7. The Labute approximate surface area is 107 Å². The van der Waals surface area contributed by atoms with Crippen LogP contribution in [0.1, 0.15) is 42.6 Å². The van der Waals surface area contributed by atoms with Gasteiger partial charge in [0.1, 0.15) is 0 Å². The summed E-state index contributed by atoms with van der Waals surface area (Å²) in [4.78, 5) is 23.8. The first-order valence-corrected chi connectivity index (χ1v) is 6.29. The molecule has 0 saturated carbocycles. The Morgan fingerprint density at radius 3 is 2.22 bits per heavy atom. The highest BCUT2D eigenvalue weighted by Crippen LogP contribution is 2.39. The standard InChI is InChI=1S/C15H17NO2/c1-3-9(4-2)12-10-7-5-6-8-11(10)14(17)13(12)15(16)18/h5-9H,3-4H2,1-2H3,(H2,16,18). The monoisotopic (exact) mass is 243 g/mol. The molecule has 0 unspecified atom stereocenters. The summed E-state index contributed by atoms with van der Waals surface area (Å²) in [5, 5.41) is 0. The van der Waals surface area contributed by atoms with Crippen LogP contribution >= 0.6 is 0 Å². The number of amides is 1. The molecule has 1 aromatic carbocycles. The molecular weight excluding hydrogens is 226 g/mol. The van der Waals surface area contributed by atoms with Gasteiger partial charge in [-0.1, -0.05) is 38.1 Å². The van der Waals surface area contributed by atoms with Crippen LogP contribution in [0.4, 0.5) is 0 Å². The average molecular weight is 243 g/mol. The van der Waals surface area contributed by atoms with Gasteiger partial charge in [0.05, 0.1) is 5.57 Å². The minimum absolute atomic E-state index is 0.185. The molecule has 2 rings (SSSR count). The fraction of sp³-hybridized carbons (Fsp3) is 0.333. The summed E-state index contributed by atoms with van der Waals surface area (Å²) in [6.45, 7) is 4.12. The van der Waals surface area contributed by atoms with Crippen molar-refractivity contribution in [3.63, 3.8) is 0 Å². The molecule has 0 aromatic heterocycles. The largest absolute Gasteiger partial charge is 0.365 e. The highest BCUT2D eigenvalue weighted by atomic mass is 16.2. The molecule has 0 heterocycles. The van der Waals surface area contributed by atoms with E-state index in [2.05, 4.69) is 13.8 Å². The number of allylic oxidation sites excluding steroid dienone is 1. The molecule has 94 valence electrons. The molecule has 1 aliphatic carbocycles. The third-order valence-corrected chi connectivity index (χ3v) is 3.60. The Balaban J connectivity index is 2.67. The Hall–Kier alpha value is -1.90. The fourth-order valence-corrected chi connectivity index (χ4v) is 2.67. The van der Waals surface area contributed by atoms with E-state index in [9.17, 15) is 9.59 Å². The topological polar surface area (TPSA) is 60.2 Å². The Morgan fingerprint density at radius 2 is 1.72 bits per heavy atom. The SMILES string of the molecule is CCC(CC)C1=C(C(N)=O)C(=O)c2ccccc21. The van der Waals surface area contributed by atoms with E-state index < -0.39 is 5.91 Å². The van der Waals surface area contributed by atoms with Crippen molar-refractivity contribution in [3.8, 4) is 0 Å². The smallest absolute Gasteiger partial charge is 0.253 e.